The van der Waals surface area contributed by atoms with Gasteiger partial charge >= 0.3 is 0 Å². The van der Waals surface area contributed by atoms with Crippen LogP contribution in [-0.4, -0.2) is 45.7 Å². The lowest BCUT2D eigenvalue weighted by Gasteiger charge is -2.12. The Hall–Kier alpha value is -2.13. The summed E-state index contributed by atoms with van der Waals surface area (Å²) in [6.45, 7) is 3.43. The van der Waals surface area contributed by atoms with Crippen LogP contribution in [-0.2, 0) is 9.84 Å². The zero-order valence-electron chi connectivity index (χ0n) is 12.9. The van der Waals surface area contributed by atoms with Gasteiger partial charge in [-0.05, 0) is 12.1 Å². The van der Waals surface area contributed by atoms with Crippen LogP contribution in [0.1, 0.15) is 0 Å². The predicted molar refractivity (Wildman–Crippen MR) is 87.3 cm³/mol. The second kappa shape index (κ2) is 6.97. The molecule has 0 radical (unpaired) electrons. The third-order valence-electron chi connectivity index (χ3n) is 2.92. The van der Waals surface area contributed by atoms with E-state index in [0.29, 0.717) is 27.8 Å². The Bertz CT molecular complexity index is 789. The van der Waals surface area contributed by atoms with Crippen molar-refractivity contribution in [1.29, 1.82) is 0 Å². The molecule has 1 aromatic heterocycles. The van der Waals surface area contributed by atoms with Gasteiger partial charge in [0.1, 0.15) is 5.01 Å². The van der Waals surface area contributed by atoms with E-state index in [1.807, 2.05) is 0 Å². The molecule has 0 spiro atoms. The standard InChI is InChI=1S/C14H16N2O5S2/c1-5-6-23(17,18)14-16-15-13(22-14)9-7-10(19-2)12(21-4)11(8-9)20-3/h5,7-8H,1,6H2,2-4H3. The Kier molecular flexibility index (Phi) is 5.22. The van der Waals surface area contributed by atoms with Gasteiger partial charge in [-0.15, -0.1) is 16.8 Å². The van der Waals surface area contributed by atoms with Crippen LogP contribution >= 0.6 is 11.3 Å². The molecule has 0 aliphatic heterocycles. The fourth-order valence-electron chi connectivity index (χ4n) is 1.88. The summed E-state index contributed by atoms with van der Waals surface area (Å²) in [5, 5.41) is 8.14. The maximum Gasteiger partial charge on any atom is 0.233 e. The molecule has 0 aliphatic rings. The molecule has 124 valence electrons. The van der Waals surface area contributed by atoms with Crippen LogP contribution in [0.3, 0.4) is 0 Å². The Morgan fingerprint density at radius 2 is 1.74 bits per heavy atom. The highest BCUT2D eigenvalue weighted by Gasteiger charge is 2.21. The molecule has 0 fully saturated rings. The number of nitrogens with zero attached hydrogens (tertiary/aromatic N) is 2. The number of hydrogen-bond donors (Lipinski definition) is 0. The molecular formula is C14H16N2O5S2. The van der Waals surface area contributed by atoms with Crippen LogP contribution in [0, 0.1) is 0 Å². The SMILES string of the molecule is C=CCS(=O)(=O)c1nnc(-c2cc(OC)c(OC)c(OC)c2)s1. The molecule has 7 nitrogen and oxygen atoms in total. The van der Waals surface area contributed by atoms with E-state index >= 15 is 0 Å². The first-order valence-electron chi connectivity index (χ1n) is 6.44. The number of hydrogen-bond acceptors (Lipinski definition) is 8. The summed E-state index contributed by atoms with van der Waals surface area (Å²) in [5.41, 5.74) is 0.622. The molecule has 1 aromatic carbocycles. The average molecular weight is 356 g/mol. The molecule has 0 saturated carbocycles. The minimum atomic E-state index is -3.50. The molecule has 0 bridgehead atoms. The minimum absolute atomic E-state index is 0.0545. The molecule has 2 rings (SSSR count). The van der Waals surface area contributed by atoms with Gasteiger partial charge < -0.3 is 14.2 Å². The maximum atomic E-state index is 12.0. The summed E-state index contributed by atoms with van der Waals surface area (Å²) < 4.78 is 39.7. The van der Waals surface area contributed by atoms with Gasteiger partial charge in [-0.25, -0.2) is 8.42 Å². The van der Waals surface area contributed by atoms with Crippen molar-refractivity contribution in [3.63, 3.8) is 0 Å². The Labute approximate surface area is 138 Å². The van der Waals surface area contributed by atoms with E-state index in [4.69, 9.17) is 14.2 Å². The van der Waals surface area contributed by atoms with Gasteiger partial charge in [0.25, 0.3) is 0 Å². The fourth-order valence-corrected chi connectivity index (χ4v) is 4.01. The number of benzene rings is 1. The van der Waals surface area contributed by atoms with Crippen molar-refractivity contribution in [2.45, 2.75) is 4.34 Å². The van der Waals surface area contributed by atoms with Gasteiger partial charge in [0, 0.05) is 5.56 Å². The smallest absolute Gasteiger partial charge is 0.233 e. The maximum absolute atomic E-state index is 12.0. The van der Waals surface area contributed by atoms with E-state index in [0.717, 1.165) is 11.3 Å². The van der Waals surface area contributed by atoms with Crippen LogP contribution in [0.2, 0.25) is 0 Å². The highest BCUT2D eigenvalue weighted by atomic mass is 32.2. The van der Waals surface area contributed by atoms with Crippen LogP contribution in [0.4, 0.5) is 0 Å². The molecule has 0 amide bonds. The second-order valence-corrected chi connectivity index (χ2v) is 7.54. The van der Waals surface area contributed by atoms with Crippen molar-refractivity contribution < 1.29 is 22.6 Å². The van der Waals surface area contributed by atoms with Gasteiger partial charge in [-0.2, -0.15) is 0 Å². The van der Waals surface area contributed by atoms with Crippen LogP contribution in [0.25, 0.3) is 10.6 Å². The lowest BCUT2D eigenvalue weighted by Crippen LogP contribution is -2.03. The molecule has 0 atom stereocenters. The largest absolute Gasteiger partial charge is 0.493 e. The van der Waals surface area contributed by atoms with Crippen molar-refractivity contribution in [1.82, 2.24) is 10.2 Å². The number of ether oxygens (including phenoxy) is 3. The highest BCUT2D eigenvalue weighted by molar-refractivity contribution is 7.93. The van der Waals surface area contributed by atoms with E-state index in [1.54, 1.807) is 12.1 Å². The third-order valence-corrected chi connectivity index (χ3v) is 5.99. The van der Waals surface area contributed by atoms with E-state index in [1.165, 1.54) is 27.4 Å². The fraction of sp³-hybridized carbons (Fsp3) is 0.286. The highest BCUT2D eigenvalue weighted by Crippen LogP contribution is 2.41. The van der Waals surface area contributed by atoms with Crippen molar-refractivity contribution >= 4 is 21.2 Å². The lowest BCUT2D eigenvalue weighted by atomic mass is 10.2. The number of rotatable bonds is 7. The Morgan fingerprint density at radius 3 is 2.22 bits per heavy atom. The summed E-state index contributed by atoms with van der Waals surface area (Å²) in [6, 6.07) is 3.37. The van der Waals surface area contributed by atoms with Crippen molar-refractivity contribution in [3.8, 4) is 27.8 Å². The molecule has 0 saturated heterocycles. The van der Waals surface area contributed by atoms with E-state index < -0.39 is 9.84 Å². The van der Waals surface area contributed by atoms with Crippen LogP contribution in [0.15, 0.2) is 29.1 Å². The molecule has 9 heteroatoms. The van der Waals surface area contributed by atoms with Gasteiger partial charge in [0.05, 0.1) is 27.1 Å². The summed E-state index contributed by atoms with van der Waals surface area (Å²) in [5.74, 6) is 1.17. The molecule has 0 N–H and O–H groups in total. The second-order valence-electron chi connectivity index (χ2n) is 4.36. The van der Waals surface area contributed by atoms with Crippen molar-refractivity contribution in [3.05, 3.63) is 24.8 Å². The minimum Gasteiger partial charge on any atom is -0.493 e. The lowest BCUT2D eigenvalue weighted by molar-refractivity contribution is 0.324. The van der Waals surface area contributed by atoms with E-state index in [2.05, 4.69) is 16.8 Å². The van der Waals surface area contributed by atoms with Crippen LogP contribution < -0.4 is 14.2 Å². The predicted octanol–water partition coefficient (Wildman–Crippen LogP) is 2.19. The van der Waals surface area contributed by atoms with Crippen LogP contribution in [0.5, 0.6) is 17.2 Å². The van der Waals surface area contributed by atoms with Crippen molar-refractivity contribution in [2.75, 3.05) is 27.1 Å². The monoisotopic (exact) mass is 356 g/mol. The summed E-state index contributed by atoms with van der Waals surface area (Å²) in [6.07, 6.45) is 1.32. The number of methoxy groups -OCH3 is 3. The normalized spacial score (nSPS) is 11.1. The average Bonchev–Trinajstić information content (AvgIpc) is 3.04. The first-order chi connectivity index (χ1) is 11.0. The molecule has 0 unspecified atom stereocenters. The quantitative estimate of drug-likeness (QED) is 0.703. The first-order valence-corrected chi connectivity index (χ1v) is 8.91. The Morgan fingerprint density at radius 1 is 1.13 bits per heavy atom. The van der Waals surface area contributed by atoms with Gasteiger partial charge in [-0.1, -0.05) is 17.4 Å². The molecule has 2 aromatic rings. The number of aromatic nitrogens is 2. The molecule has 1 heterocycles. The van der Waals surface area contributed by atoms with Gasteiger partial charge in [0.2, 0.25) is 19.9 Å². The number of sulfone groups is 1. The molecular weight excluding hydrogens is 340 g/mol. The zero-order chi connectivity index (χ0) is 17.0. The topological polar surface area (TPSA) is 87.6 Å². The van der Waals surface area contributed by atoms with E-state index in [-0.39, 0.29) is 10.1 Å². The summed E-state index contributed by atoms with van der Waals surface area (Å²) in [4.78, 5) is 0. The molecule has 23 heavy (non-hydrogen) atoms. The third kappa shape index (κ3) is 3.45. The molecule has 0 aliphatic carbocycles. The zero-order valence-corrected chi connectivity index (χ0v) is 14.5. The first kappa shape index (κ1) is 17.2. The van der Waals surface area contributed by atoms with Gasteiger partial charge in [-0.3, -0.25) is 0 Å². The summed E-state index contributed by atoms with van der Waals surface area (Å²) in [7, 11) is 1.01. The van der Waals surface area contributed by atoms with Crippen molar-refractivity contribution in [2.24, 2.45) is 0 Å². The summed E-state index contributed by atoms with van der Waals surface area (Å²) >= 11 is 0.975. The van der Waals surface area contributed by atoms with E-state index in [9.17, 15) is 8.42 Å². The Balaban J connectivity index is 2.51. The van der Waals surface area contributed by atoms with Gasteiger partial charge in [0.15, 0.2) is 11.5 Å².